The Balaban J connectivity index is 1.75. The van der Waals surface area contributed by atoms with E-state index in [9.17, 15) is 18.0 Å². The van der Waals surface area contributed by atoms with Crippen molar-refractivity contribution in [2.24, 2.45) is 0 Å². The third-order valence-electron chi connectivity index (χ3n) is 3.97. The van der Waals surface area contributed by atoms with Gasteiger partial charge in [0.2, 0.25) is 0 Å². The van der Waals surface area contributed by atoms with Crippen molar-refractivity contribution in [3.05, 3.63) is 77.7 Å². The number of anilines is 1. The first kappa shape index (κ1) is 19.3. The molecule has 144 valence electrons. The van der Waals surface area contributed by atoms with Gasteiger partial charge in [-0.15, -0.1) is 0 Å². The number of alkyl halides is 3. The van der Waals surface area contributed by atoms with Gasteiger partial charge in [0.15, 0.2) is 0 Å². The molecule has 0 aliphatic rings. The second-order valence-corrected chi connectivity index (χ2v) is 6.01. The number of amides is 2. The minimum absolute atomic E-state index is 0.0198. The minimum atomic E-state index is -4.49. The summed E-state index contributed by atoms with van der Waals surface area (Å²) in [6.07, 6.45) is -3.02. The SMILES string of the molecule is Cc1ncc(NC(=O)NCc2ccccc2C(F)(F)F)c(-c2ccccc2)n1. The van der Waals surface area contributed by atoms with Crippen LogP contribution in [0.2, 0.25) is 0 Å². The Bertz CT molecular complexity index is 975. The van der Waals surface area contributed by atoms with Gasteiger partial charge in [-0.05, 0) is 18.6 Å². The molecular formula is C20H17F3N4O. The van der Waals surface area contributed by atoms with Crippen LogP contribution in [0.3, 0.4) is 0 Å². The lowest BCUT2D eigenvalue weighted by atomic mass is 10.1. The molecule has 3 aromatic rings. The molecule has 2 aromatic carbocycles. The summed E-state index contributed by atoms with van der Waals surface area (Å²) in [5.41, 5.74) is 0.871. The van der Waals surface area contributed by atoms with E-state index in [1.807, 2.05) is 30.3 Å². The quantitative estimate of drug-likeness (QED) is 0.677. The number of carbonyl (C=O) groups is 1. The molecule has 3 rings (SSSR count). The summed E-state index contributed by atoms with van der Waals surface area (Å²) in [7, 11) is 0. The second-order valence-electron chi connectivity index (χ2n) is 6.01. The largest absolute Gasteiger partial charge is 0.416 e. The molecule has 5 nitrogen and oxygen atoms in total. The zero-order valence-corrected chi connectivity index (χ0v) is 14.9. The topological polar surface area (TPSA) is 66.9 Å². The highest BCUT2D eigenvalue weighted by molar-refractivity contribution is 5.93. The van der Waals surface area contributed by atoms with Crippen LogP contribution in [0, 0.1) is 6.92 Å². The van der Waals surface area contributed by atoms with E-state index in [-0.39, 0.29) is 12.1 Å². The van der Waals surface area contributed by atoms with Crippen molar-refractivity contribution < 1.29 is 18.0 Å². The standard InChI is InChI=1S/C20H17F3N4O/c1-13-24-12-17(18(26-13)14-7-3-2-4-8-14)27-19(28)25-11-15-9-5-6-10-16(15)20(21,22)23/h2-10,12H,11H2,1H3,(H2,25,27,28). The number of rotatable bonds is 4. The van der Waals surface area contributed by atoms with Crippen LogP contribution in [0.25, 0.3) is 11.3 Å². The lowest BCUT2D eigenvalue weighted by Gasteiger charge is -2.14. The summed E-state index contributed by atoms with van der Waals surface area (Å²) >= 11 is 0. The number of hydrogen-bond donors (Lipinski definition) is 2. The normalized spacial score (nSPS) is 11.1. The van der Waals surface area contributed by atoms with Crippen LogP contribution in [0.5, 0.6) is 0 Å². The molecule has 2 amide bonds. The zero-order chi connectivity index (χ0) is 20.1. The van der Waals surface area contributed by atoms with E-state index in [4.69, 9.17) is 0 Å². The van der Waals surface area contributed by atoms with Crippen molar-refractivity contribution in [2.75, 3.05) is 5.32 Å². The molecule has 1 heterocycles. The van der Waals surface area contributed by atoms with Crippen molar-refractivity contribution in [3.63, 3.8) is 0 Å². The average molecular weight is 386 g/mol. The predicted molar refractivity (Wildman–Crippen MR) is 99.5 cm³/mol. The van der Waals surface area contributed by atoms with Crippen LogP contribution in [0.1, 0.15) is 17.0 Å². The summed E-state index contributed by atoms with van der Waals surface area (Å²) in [5, 5.41) is 5.06. The first-order valence-corrected chi connectivity index (χ1v) is 8.43. The molecule has 1 aromatic heterocycles. The average Bonchev–Trinajstić information content (AvgIpc) is 2.68. The Morgan fingerprint density at radius 2 is 1.71 bits per heavy atom. The predicted octanol–water partition coefficient (Wildman–Crippen LogP) is 4.79. The lowest BCUT2D eigenvalue weighted by molar-refractivity contribution is -0.138. The van der Waals surface area contributed by atoms with Gasteiger partial charge in [-0.3, -0.25) is 0 Å². The highest BCUT2D eigenvalue weighted by Gasteiger charge is 2.32. The Morgan fingerprint density at radius 1 is 1.04 bits per heavy atom. The van der Waals surface area contributed by atoms with Gasteiger partial charge in [-0.2, -0.15) is 13.2 Å². The molecule has 0 bridgehead atoms. The molecule has 0 fully saturated rings. The first-order chi connectivity index (χ1) is 13.3. The molecule has 0 atom stereocenters. The van der Waals surface area contributed by atoms with E-state index in [2.05, 4.69) is 20.6 Å². The van der Waals surface area contributed by atoms with Crippen LogP contribution in [-0.4, -0.2) is 16.0 Å². The van der Waals surface area contributed by atoms with Crippen LogP contribution in [-0.2, 0) is 12.7 Å². The van der Waals surface area contributed by atoms with Gasteiger partial charge in [-0.25, -0.2) is 14.8 Å². The van der Waals surface area contributed by atoms with Gasteiger partial charge in [0.1, 0.15) is 5.82 Å². The number of aromatic nitrogens is 2. The zero-order valence-electron chi connectivity index (χ0n) is 14.9. The monoisotopic (exact) mass is 386 g/mol. The highest BCUT2D eigenvalue weighted by atomic mass is 19.4. The molecule has 0 aliphatic heterocycles. The van der Waals surface area contributed by atoms with Crippen molar-refractivity contribution in [1.29, 1.82) is 0 Å². The van der Waals surface area contributed by atoms with E-state index in [1.165, 1.54) is 24.4 Å². The molecule has 0 saturated heterocycles. The van der Waals surface area contributed by atoms with Crippen molar-refractivity contribution in [2.45, 2.75) is 19.6 Å². The Hall–Kier alpha value is -3.42. The van der Waals surface area contributed by atoms with E-state index < -0.39 is 17.8 Å². The molecule has 0 aliphatic carbocycles. The summed E-state index contributed by atoms with van der Waals surface area (Å²) in [4.78, 5) is 20.7. The van der Waals surface area contributed by atoms with Gasteiger partial charge < -0.3 is 10.6 Å². The maximum atomic E-state index is 13.1. The number of aryl methyl sites for hydroxylation is 1. The molecular weight excluding hydrogens is 369 g/mol. The maximum Gasteiger partial charge on any atom is 0.416 e. The fourth-order valence-electron chi connectivity index (χ4n) is 2.67. The smallest absolute Gasteiger partial charge is 0.334 e. The third-order valence-corrected chi connectivity index (χ3v) is 3.97. The lowest BCUT2D eigenvalue weighted by Crippen LogP contribution is -2.29. The number of urea groups is 1. The maximum absolute atomic E-state index is 13.1. The van der Waals surface area contributed by atoms with Crippen molar-refractivity contribution in [1.82, 2.24) is 15.3 Å². The van der Waals surface area contributed by atoms with Gasteiger partial charge in [0, 0.05) is 12.1 Å². The minimum Gasteiger partial charge on any atom is -0.334 e. The number of halogens is 3. The Morgan fingerprint density at radius 3 is 2.43 bits per heavy atom. The van der Waals surface area contributed by atoms with Crippen molar-refractivity contribution in [3.8, 4) is 11.3 Å². The van der Waals surface area contributed by atoms with Gasteiger partial charge in [0.25, 0.3) is 0 Å². The van der Waals surface area contributed by atoms with Crippen LogP contribution < -0.4 is 10.6 Å². The molecule has 0 unspecified atom stereocenters. The number of carbonyl (C=O) groups excluding carboxylic acids is 1. The van der Waals surface area contributed by atoms with Gasteiger partial charge >= 0.3 is 12.2 Å². The molecule has 2 N–H and O–H groups in total. The first-order valence-electron chi connectivity index (χ1n) is 8.43. The Kier molecular flexibility index (Phi) is 5.58. The van der Waals surface area contributed by atoms with E-state index in [0.29, 0.717) is 17.2 Å². The molecule has 0 spiro atoms. The number of nitrogens with one attached hydrogen (secondary N) is 2. The molecule has 0 saturated carbocycles. The number of nitrogens with zero attached hydrogens (tertiary/aromatic N) is 2. The summed E-state index contributed by atoms with van der Waals surface area (Å²) in [6.45, 7) is 1.46. The molecule has 0 radical (unpaired) electrons. The fraction of sp³-hybridized carbons (Fsp3) is 0.150. The second kappa shape index (κ2) is 8.08. The van der Waals surface area contributed by atoms with Crippen LogP contribution in [0.15, 0.2) is 60.8 Å². The van der Waals surface area contributed by atoms with Crippen molar-refractivity contribution >= 4 is 11.7 Å². The third kappa shape index (κ3) is 4.64. The molecule has 28 heavy (non-hydrogen) atoms. The van der Waals surface area contributed by atoms with E-state index in [1.54, 1.807) is 6.92 Å². The van der Waals surface area contributed by atoms with Gasteiger partial charge in [0.05, 0.1) is 23.1 Å². The highest BCUT2D eigenvalue weighted by Crippen LogP contribution is 2.31. The van der Waals surface area contributed by atoms with Gasteiger partial charge in [-0.1, -0.05) is 48.5 Å². The van der Waals surface area contributed by atoms with E-state index >= 15 is 0 Å². The summed E-state index contributed by atoms with van der Waals surface area (Å²) in [5.74, 6) is 0.531. The summed E-state index contributed by atoms with van der Waals surface area (Å²) < 4.78 is 39.2. The van der Waals surface area contributed by atoms with E-state index in [0.717, 1.165) is 11.6 Å². The Labute approximate surface area is 159 Å². The fourth-order valence-corrected chi connectivity index (χ4v) is 2.67. The number of benzene rings is 2. The van der Waals surface area contributed by atoms with Crippen LogP contribution in [0.4, 0.5) is 23.7 Å². The molecule has 8 heteroatoms. The van der Waals surface area contributed by atoms with Crippen LogP contribution >= 0.6 is 0 Å². The summed E-state index contributed by atoms with van der Waals surface area (Å²) in [6, 6.07) is 13.7. The number of hydrogen-bond acceptors (Lipinski definition) is 3.